The van der Waals surface area contributed by atoms with E-state index in [1.54, 1.807) is 11.3 Å². The number of thiazole rings is 1. The molecule has 0 unspecified atom stereocenters. The standard InChI is InChI=1S/C33H20N4S/c1-4-15-26-25(14-1)31(21-10-9-11-22(20-21)32-34-27-16-5-8-19-30(27)38-32)36-33(35-26)37-28-17-6-2-12-23(28)24-13-3-7-18-29(24)37/h1-20H. The van der Waals surface area contributed by atoms with Gasteiger partial charge in [0.2, 0.25) is 5.95 Å². The summed E-state index contributed by atoms with van der Waals surface area (Å²) in [6.45, 7) is 0. The van der Waals surface area contributed by atoms with Gasteiger partial charge in [0.05, 0.1) is 32.5 Å². The van der Waals surface area contributed by atoms with Crippen LogP contribution < -0.4 is 0 Å². The van der Waals surface area contributed by atoms with Gasteiger partial charge in [-0.3, -0.25) is 4.57 Å². The smallest absolute Gasteiger partial charge is 0.235 e. The summed E-state index contributed by atoms with van der Waals surface area (Å²) in [4.78, 5) is 15.2. The highest BCUT2D eigenvalue weighted by atomic mass is 32.1. The Bertz CT molecular complexity index is 2070. The second-order valence-electron chi connectivity index (χ2n) is 9.33. The van der Waals surface area contributed by atoms with E-state index >= 15 is 0 Å². The largest absolute Gasteiger partial charge is 0.278 e. The van der Waals surface area contributed by atoms with Crippen LogP contribution >= 0.6 is 11.3 Å². The molecular weight excluding hydrogens is 484 g/mol. The van der Waals surface area contributed by atoms with Crippen LogP contribution in [-0.4, -0.2) is 19.5 Å². The van der Waals surface area contributed by atoms with Gasteiger partial charge in [-0.05, 0) is 36.4 Å². The molecule has 0 N–H and O–H groups in total. The number of para-hydroxylation sites is 4. The Balaban J connectivity index is 1.38. The molecule has 0 atom stereocenters. The molecule has 0 fully saturated rings. The summed E-state index contributed by atoms with van der Waals surface area (Å²) in [5.74, 6) is 0.668. The Morgan fingerprint density at radius 1 is 0.500 bits per heavy atom. The fourth-order valence-corrected chi connectivity index (χ4v) is 6.28. The van der Waals surface area contributed by atoms with Crippen molar-refractivity contribution in [3.63, 3.8) is 0 Å². The Hall–Kier alpha value is -4.87. The summed E-state index contributed by atoms with van der Waals surface area (Å²) in [6, 6.07) is 42.0. The molecule has 0 saturated carbocycles. The third-order valence-corrected chi connectivity index (χ3v) is 8.13. The summed E-state index contributed by atoms with van der Waals surface area (Å²) in [5.41, 5.74) is 7.18. The third kappa shape index (κ3) is 3.26. The molecular formula is C33H20N4S. The van der Waals surface area contributed by atoms with Crippen molar-refractivity contribution in [2.75, 3.05) is 0 Å². The minimum atomic E-state index is 0.668. The van der Waals surface area contributed by atoms with E-state index in [-0.39, 0.29) is 0 Å². The molecule has 0 amide bonds. The summed E-state index contributed by atoms with van der Waals surface area (Å²) >= 11 is 1.71. The molecule has 0 aliphatic carbocycles. The first-order valence-electron chi connectivity index (χ1n) is 12.6. The molecule has 0 spiro atoms. The van der Waals surface area contributed by atoms with Crippen molar-refractivity contribution in [1.82, 2.24) is 19.5 Å². The Kier molecular flexibility index (Phi) is 4.66. The monoisotopic (exact) mass is 504 g/mol. The second kappa shape index (κ2) is 8.33. The number of hydrogen-bond donors (Lipinski definition) is 0. The highest BCUT2D eigenvalue weighted by Gasteiger charge is 2.17. The number of rotatable bonds is 3. The zero-order valence-corrected chi connectivity index (χ0v) is 21.1. The van der Waals surface area contributed by atoms with Crippen molar-refractivity contribution in [1.29, 1.82) is 0 Å². The number of benzene rings is 5. The fourth-order valence-electron chi connectivity index (χ4n) is 5.32. The Labute approximate surface area is 222 Å². The maximum absolute atomic E-state index is 5.23. The molecule has 0 aliphatic rings. The fraction of sp³-hybridized carbons (Fsp3) is 0. The van der Waals surface area contributed by atoms with Gasteiger partial charge in [0, 0.05) is 27.3 Å². The van der Waals surface area contributed by atoms with Crippen molar-refractivity contribution < 1.29 is 0 Å². The lowest BCUT2D eigenvalue weighted by atomic mass is 10.0. The van der Waals surface area contributed by atoms with Crippen molar-refractivity contribution in [3.05, 3.63) is 121 Å². The van der Waals surface area contributed by atoms with E-state index in [9.17, 15) is 0 Å². The van der Waals surface area contributed by atoms with E-state index in [2.05, 4.69) is 108 Å². The Morgan fingerprint density at radius 3 is 1.89 bits per heavy atom. The maximum atomic E-state index is 5.23. The number of aromatic nitrogens is 4. The number of fused-ring (bicyclic) bond motifs is 5. The molecule has 3 aromatic heterocycles. The normalized spacial score (nSPS) is 11.7. The van der Waals surface area contributed by atoms with E-state index in [0.29, 0.717) is 5.95 Å². The first kappa shape index (κ1) is 21.2. The van der Waals surface area contributed by atoms with Gasteiger partial charge in [-0.2, -0.15) is 0 Å². The van der Waals surface area contributed by atoms with Crippen LogP contribution in [0.2, 0.25) is 0 Å². The lowest BCUT2D eigenvalue weighted by Crippen LogP contribution is -2.03. The van der Waals surface area contributed by atoms with Crippen LogP contribution in [-0.2, 0) is 0 Å². The van der Waals surface area contributed by atoms with E-state index in [1.807, 2.05) is 18.2 Å². The topological polar surface area (TPSA) is 43.6 Å². The third-order valence-electron chi connectivity index (χ3n) is 7.05. The lowest BCUT2D eigenvalue weighted by Gasteiger charge is -2.12. The lowest BCUT2D eigenvalue weighted by molar-refractivity contribution is 1.01. The molecule has 4 nitrogen and oxygen atoms in total. The molecule has 0 saturated heterocycles. The first-order valence-corrected chi connectivity index (χ1v) is 13.4. The summed E-state index contributed by atoms with van der Waals surface area (Å²) < 4.78 is 3.37. The number of nitrogens with zero attached hydrogens (tertiary/aromatic N) is 4. The van der Waals surface area contributed by atoms with Crippen molar-refractivity contribution in [2.24, 2.45) is 0 Å². The predicted molar refractivity (Wildman–Crippen MR) is 158 cm³/mol. The minimum Gasteiger partial charge on any atom is -0.278 e. The van der Waals surface area contributed by atoms with Crippen LogP contribution in [0.1, 0.15) is 0 Å². The van der Waals surface area contributed by atoms with Crippen molar-refractivity contribution in [2.45, 2.75) is 0 Å². The van der Waals surface area contributed by atoms with Gasteiger partial charge in [0.1, 0.15) is 5.01 Å². The van der Waals surface area contributed by atoms with Crippen molar-refractivity contribution in [3.8, 4) is 27.8 Å². The zero-order chi connectivity index (χ0) is 25.1. The van der Waals surface area contributed by atoms with Crippen LogP contribution in [0.25, 0.3) is 70.7 Å². The molecule has 0 aliphatic heterocycles. The van der Waals surface area contributed by atoms with Gasteiger partial charge in [-0.25, -0.2) is 15.0 Å². The zero-order valence-electron chi connectivity index (χ0n) is 20.2. The highest BCUT2D eigenvalue weighted by Crippen LogP contribution is 2.36. The van der Waals surface area contributed by atoms with E-state index in [0.717, 1.165) is 49.3 Å². The second-order valence-corrected chi connectivity index (χ2v) is 10.4. The van der Waals surface area contributed by atoms with Crippen LogP contribution in [0.4, 0.5) is 0 Å². The molecule has 0 radical (unpaired) electrons. The molecule has 5 aromatic carbocycles. The molecule has 8 aromatic rings. The first-order chi connectivity index (χ1) is 18.8. The van der Waals surface area contributed by atoms with Gasteiger partial charge in [0.15, 0.2) is 0 Å². The average molecular weight is 505 g/mol. The van der Waals surface area contributed by atoms with Crippen LogP contribution in [0.5, 0.6) is 0 Å². The van der Waals surface area contributed by atoms with Gasteiger partial charge in [-0.1, -0.05) is 84.9 Å². The maximum Gasteiger partial charge on any atom is 0.235 e. The van der Waals surface area contributed by atoms with Crippen LogP contribution in [0.15, 0.2) is 121 Å². The average Bonchev–Trinajstić information content (AvgIpc) is 3.56. The molecule has 38 heavy (non-hydrogen) atoms. The predicted octanol–water partition coefficient (Wildman–Crippen LogP) is 8.67. The summed E-state index contributed by atoms with van der Waals surface area (Å²) in [7, 11) is 0. The van der Waals surface area contributed by atoms with Gasteiger partial charge in [0.25, 0.3) is 0 Å². The van der Waals surface area contributed by atoms with Gasteiger partial charge >= 0.3 is 0 Å². The minimum absolute atomic E-state index is 0.668. The quantitative estimate of drug-likeness (QED) is 0.242. The number of hydrogen-bond acceptors (Lipinski definition) is 4. The van der Waals surface area contributed by atoms with Gasteiger partial charge in [-0.15, -0.1) is 11.3 Å². The molecule has 0 bridgehead atoms. The molecule has 8 rings (SSSR count). The van der Waals surface area contributed by atoms with Gasteiger partial charge < -0.3 is 0 Å². The summed E-state index contributed by atoms with van der Waals surface area (Å²) in [5, 5.41) is 4.42. The Morgan fingerprint density at radius 2 is 1.13 bits per heavy atom. The van der Waals surface area contributed by atoms with E-state index in [4.69, 9.17) is 15.0 Å². The summed E-state index contributed by atoms with van der Waals surface area (Å²) in [6.07, 6.45) is 0. The highest BCUT2D eigenvalue weighted by molar-refractivity contribution is 7.21. The van der Waals surface area contributed by atoms with E-state index < -0.39 is 0 Å². The molecule has 3 heterocycles. The van der Waals surface area contributed by atoms with Crippen LogP contribution in [0, 0.1) is 0 Å². The van der Waals surface area contributed by atoms with Crippen LogP contribution in [0.3, 0.4) is 0 Å². The van der Waals surface area contributed by atoms with Crippen molar-refractivity contribution >= 4 is 54.3 Å². The molecule has 5 heteroatoms. The SMILES string of the molecule is c1cc(-c2nc3ccccc3s2)cc(-c2nc(-n3c4ccccc4c4ccccc43)nc3ccccc23)c1. The molecule has 178 valence electrons. The van der Waals surface area contributed by atoms with E-state index in [1.165, 1.54) is 15.5 Å².